The molecule has 63 valence electrons. The minimum absolute atomic E-state index is 0.768. The van der Waals surface area contributed by atoms with Crippen LogP contribution in [-0.2, 0) is 0 Å². The van der Waals surface area contributed by atoms with E-state index in [0.29, 0.717) is 0 Å². The Balaban J connectivity index is 2.33. The molecule has 0 saturated heterocycles. The van der Waals surface area contributed by atoms with Crippen LogP contribution < -0.4 is 0 Å². The van der Waals surface area contributed by atoms with Crippen LogP contribution in [0.2, 0.25) is 0 Å². The summed E-state index contributed by atoms with van der Waals surface area (Å²) in [5.41, 5.74) is 3.47. The van der Waals surface area contributed by atoms with Gasteiger partial charge in [-0.05, 0) is 42.4 Å². The number of aliphatic hydroxyl groups is 1. The second-order valence-electron chi connectivity index (χ2n) is 3.52. The highest BCUT2D eigenvalue weighted by Crippen LogP contribution is 2.40. The van der Waals surface area contributed by atoms with Crippen molar-refractivity contribution < 1.29 is 5.11 Å². The average molecular weight is 161 g/mol. The van der Waals surface area contributed by atoms with Gasteiger partial charge in [0.15, 0.2) is 0 Å². The molecule has 1 fully saturated rings. The van der Waals surface area contributed by atoms with E-state index in [1.807, 2.05) is 6.92 Å². The smallest absolute Gasteiger partial charge is 0.109 e. The van der Waals surface area contributed by atoms with Gasteiger partial charge in [0.1, 0.15) is 6.61 Å². The summed E-state index contributed by atoms with van der Waals surface area (Å²) in [4.78, 5) is 0. The molecule has 0 amide bonds. The summed E-state index contributed by atoms with van der Waals surface area (Å²) in [6.45, 7) is 3.21. The van der Waals surface area contributed by atoms with Crippen molar-refractivity contribution in [2.24, 2.45) is 0 Å². The summed E-state index contributed by atoms with van der Waals surface area (Å²) in [5.74, 6) is 0.768. The van der Waals surface area contributed by atoms with E-state index < -0.39 is 0 Å². The average Bonchev–Trinajstić information content (AvgIpc) is 2.88. The fourth-order valence-corrected chi connectivity index (χ4v) is 1.47. The molecule has 0 heterocycles. The summed E-state index contributed by atoms with van der Waals surface area (Å²) in [6.07, 6.45) is 2.63. The Hall–Kier alpha value is -0.820. The first-order valence-corrected chi connectivity index (χ1v) is 4.39. The van der Waals surface area contributed by atoms with Crippen molar-refractivity contribution >= 4 is 0 Å². The molecular formula is C11H13O. The van der Waals surface area contributed by atoms with Crippen LogP contribution in [0.15, 0.2) is 18.2 Å². The zero-order chi connectivity index (χ0) is 8.55. The Morgan fingerprint density at radius 1 is 1.42 bits per heavy atom. The van der Waals surface area contributed by atoms with Crippen LogP contribution in [-0.4, -0.2) is 5.11 Å². The van der Waals surface area contributed by atoms with Gasteiger partial charge < -0.3 is 5.11 Å². The highest BCUT2D eigenvalue weighted by Gasteiger charge is 2.23. The lowest BCUT2D eigenvalue weighted by atomic mass is 10.0. The topological polar surface area (TPSA) is 20.2 Å². The molecule has 1 nitrogen and oxygen atoms in total. The monoisotopic (exact) mass is 161 g/mol. The Labute approximate surface area is 73.0 Å². The standard InChI is InChI=1S/C11H13O/c1-8-2-3-10(9-4-5-9)6-11(8)7-12/h2-3,6-7,9,12H,4-5H2,1H3. The molecule has 0 bridgehead atoms. The molecule has 1 aromatic rings. The van der Waals surface area contributed by atoms with Gasteiger partial charge in [-0.2, -0.15) is 0 Å². The molecule has 0 spiro atoms. The molecule has 1 heteroatoms. The van der Waals surface area contributed by atoms with Crippen molar-refractivity contribution in [1.82, 2.24) is 0 Å². The van der Waals surface area contributed by atoms with E-state index in [1.54, 1.807) is 0 Å². The molecule has 1 aromatic carbocycles. The Morgan fingerprint density at radius 3 is 2.75 bits per heavy atom. The van der Waals surface area contributed by atoms with Gasteiger partial charge in [-0.15, -0.1) is 0 Å². The van der Waals surface area contributed by atoms with E-state index in [2.05, 4.69) is 18.2 Å². The van der Waals surface area contributed by atoms with E-state index >= 15 is 0 Å². The largest absolute Gasteiger partial charge is 0.385 e. The highest BCUT2D eigenvalue weighted by molar-refractivity contribution is 5.37. The van der Waals surface area contributed by atoms with E-state index in [0.717, 1.165) is 17.0 Å². The fourth-order valence-electron chi connectivity index (χ4n) is 1.47. The van der Waals surface area contributed by atoms with Crippen LogP contribution in [0.25, 0.3) is 0 Å². The van der Waals surface area contributed by atoms with Crippen LogP contribution in [0, 0.1) is 13.5 Å². The zero-order valence-corrected chi connectivity index (χ0v) is 7.25. The number of rotatable bonds is 2. The van der Waals surface area contributed by atoms with E-state index in [9.17, 15) is 0 Å². The van der Waals surface area contributed by atoms with Crippen molar-refractivity contribution in [3.05, 3.63) is 41.5 Å². The summed E-state index contributed by atoms with van der Waals surface area (Å²) in [6, 6.07) is 6.34. The summed E-state index contributed by atoms with van der Waals surface area (Å²) >= 11 is 0. The molecule has 2 rings (SSSR count). The molecule has 1 N–H and O–H groups in total. The maximum Gasteiger partial charge on any atom is 0.109 e. The van der Waals surface area contributed by atoms with Gasteiger partial charge in [0.2, 0.25) is 0 Å². The summed E-state index contributed by atoms with van der Waals surface area (Å²) in [7, 11) is 0. The first-order chi connectivity index (χ1) is 5.81. The number of hydrogen-bond acceptors (Lipinski definition) is 1. The molecular weight excluding hydrogens is 148 g/mol. The predicted octanol–water partition coefficient (Wildman–Crippen LogP) is 2.75. The van der Waals surface area contributed by atoms with Crippen LogP contribution >= 0.6 is 0 Å². The first kappa shape index (κ1) is 7.81. The molecule has 1 saturated carbocycles. The van der Waals surface area contributed by atoms with Gasteiger partial charge in [0.25, 0.3) is 0 Å². The van der Waals surface area contributed by atoms with Gasteiger partial charge in [-0.1, -0.05) is 18.2 Å². The first-order valence-electron chi connectivity index (χ1n) is 4.39. The van der Waals surface area contributed by atoms with E-state index in [4.69, 9.17) is 5.11 Å². The van der Waals surface area contributed by atoms with Crippen LogP contribution in [0.3, 0.4) is 0 Å². The Kier molecular flexibility index (Phi) is 1.89. The van der Waals surface area contributed by atoms with Gasteiger partial charge in [-0.3, -0.25) is 0 Å². The van der Waals surface area contributed by atoms with Gasteiger partial charge >= 0.3 is 0 Å². The van der Waals surface area contributed by atoms with Gasteiger partial charge in [0, 0.05) is 0 Å². The molecule has 1 aliphatic rings. The second kappa shape index (κ2) is 2.91. The third kappa shape index (κ3) is 1.37. The molecule has 1 radical (unpaired) electrons. The summed E-state index contributed by atoms with van der Waals surface area (Å²) in [5, 5.41) is 8.92. The second-order valence-corrected chi connectivity index (χ2v) is 3.52. The minimum atomic E-state index is 0.768. The van der Waals surface area contributed by atoms with Crippen molar-refractivity contribution in [2.45, 2.75) is 25.7 Å². The van der Waals surface area contributed by atoms with E-state index in [1.165, 1.54) is 25.0 Å². The van der Waals surface area contributed by atoms with Crippen molar-refractivity contribution in [3.8, 4) is 0 Å². The van der Waals surface area contributed by atoms with E-state index in [-0.39, 0.29) is 0 Å². The normalized spacial score (nSPS) is 16.5. The quantitative estimate of drug-likeness (QED) is 0.707. The molecule has 0 aliphatic heterocycles. The van der Waals surface area contributed by atoms with Crippen molar-refractivity contribution in [1.29, 1.82) is 0 Å². The lowest BCUT2D eigenvalue weighted by Gasteiger charge is -2.04. The maximum absolute atomic E-state index is 8.92. The number of hydrogen-bond donors (Lipinski definition) is 1. The molecule has 0 atom stereocenters. The maximum atomic E-state index is 8.92. The van der Waals surface area contributed by atoms with Gasteiger partial charge in [0.05, 0.1) is 0 Å². The Bertz CT molecular complexity index is 287. The van der Waals surface area contributed by atoms with Gasteiger partial charge in [-0.25, -0.2) is 0 Å². The number of aliphatic hydroxyl groups excluding tert-OH is 1. The molecule has 0 aromatic heterocycles. The Morgan fingerprint density at radius 2 is 2.17 bits per heavy atom. The van der Waals surface area contributed by atoms with Crippen LogP contribution in [0.4, 0.5) is 0 Å². The summed E-state index contributed by atoms with van der Waals surface area (Å²) < 4.78 is 0. The minimum Gasteiger partial charge on any atom is -0.385 e. The number of aryl methyl sites for hydroxylation is 1. The third-order valence-electron chi connectivity index (χ3n) is 2.49. The molecule has 0 unspecified atom stereocenters. The molecule has 12 heavy (non-hydrogen) atoms. The predicted molar refractivity (Wildman–Crippen MR) is 48.5 cm³/mol. The van der Waals surface area contributed by atoms with Crippen molar-refractivity contribution in [3.63, 3.8) is 0 Å². The fraction of sp³-hybridized carbons (Fsp3) is 0.364. The lowest BCUT2D eigenvalue weighted by Crippen LogP contribution is -1.88. The third-order valence-corrected chi connectivity index (χ3v) is 2.49. The zero-order valence-electron chi connectivity index (χ0n) is 7.25. The lowest BCUT2D eigenvalue weighted by molar-refractivity contribution is 0.414. The van der Waals surface area contributed by atoms with Crippen LogP contribution in [0.5, 0.6) is 0 Å². The SMILES string of the molecule is Cc1ccc(C2CC2)cc1[CH]O. The highest BCUT2D eigenvalue weighted by atomic mass is 16.3. The number of benzene rings is 1. The van der Waals surface area contributed by atoms with Crippen molar-refractivity contribution in [2.75, 3.05) is 0 Å². The van der Waals surface area contributed by atoms with Crippen LogP contribution in [0.1, 0.15) is 35.4 Å². The molecule has 1 aliphatic carbocycles.